The zero-order valence-corrected chi connectivity index (χ0v) is 13.1. The second-order valence-corrected chi connectivity index (χ2v) is 6.64. The summed E-state index contributed by atoms with van der Waals surface area (Å²) in [7, 11) is 0. The predicted octanol–water partition coefficient (Wildman–Crippen LogP) is 4.13. The molecule has 0 amide bonds. The minimum absolute atomic E-state index is 0.129. The fourth-order valence-corrected chi connectivity index (χ4v) is 2.86. The van der Waals surface area contributed by atoms with E-state index in [9.17, 15) is 4.39 Å². The van der Waals surface area contributed by atoms with Crippen LogP contribution >= 0.6 is 11.8 Å². The average molecular weight is 283 g/mol. The largest absolute Gasteiger partial charge is 0.314 e. The fourth-order valence-electron chi connectivity index (χ4n) is 2.07. The van der Waals surface area contributed by atoms with Crippen LogP contribution in [0.2, 0.25) is 0 Å². The lowest BCUT2D eigenvalue weighted by Gasteiger charge is -2.19. The van der Waals surface area contributed by atoms with Crippen LogP contribution in [0, 0.1) is 11.7 Å². The predicted molar refractivity (Wildman–Crippen MR) is 84.3 cm³/mol. The maximum atomic E-state index is 13.2. The van der Waals surface area contributed by atoms with Crippen molar-refractivity contribution in [1.29, 1.82) is 0 Å². The zero-order chi connectivity index (χ0) is 14.1. The van der Waals surface area contributed by atoms with Gasteiger partial charge >= 0.3 is 0 Å². The molecular formula is C16H26FNS. The smallest absolute Gasteiger partial charge is 0.123 e. The minimum atomic E-state index is -0.129. The molecule has 1 atom stereocenters. The molecule has 0 radical (unpaired) electrons. The second kappa shape index (κ2) is 9.38. The van der Waals surface area contributed by atoms with Gasteiger partial charge in [0.15, 0.2) is 0 Å². The fraction of sp³-hybridized carbons (Fsp3) is 0.625. The van der Waals surface area contributed by atoms with Gasteiger partial charge < -0.3 is 5.32 Å². The van der Waals surface area contributed by atoms with Crippen LogP contribution < -0.4 is 5.32 Å². The monoisotopic (exact) mass is 283 g/mol. The Kier molecular flexibility index (Phi) is 8.15. The van der Waals surface area contributed by atoms with Gasteiger partial charge in [0.25, 0.3) is 0 Å². The Morgan fingerprint density at radius 2 is 2.11 bits per heavy atom. The van der Waals surface area contributed by atoms with E-state index >= 15 is 0 Å². The van der Waals surface area contributed by atoms with E-state index in [1.165, 1.54) is 24.0 Å². The van der Waals surface area contributed by atoms with Crippen LogP contribution in [0.3, 0.4) is 0 Å². The molecule has 1 aromatic rings. The minimum Gasteiger partial charge on any atom is -0.314 e. The van der Waals surface area contributed by atoms with E-state index in [0.29, 0.717) is 12.0 Å². The first-order valence-electron chi connectivity index (χ1n) is 7.17. The Labute approximate surface area is 121 Å². The quantitative estimate of drug-likeness (QED) is 0.684. The number of hydrogen-bond donors (Lipinski definition) is 1. The lowest BCUT2D eigenvalue weighted by atomic mass is 9.96. The maximum Gasteiger partial charge on any atom is 0.123 e. The molecule has 0 aliphatic rings. The molecule has 0 heterocycles. The van der Waals surface area contributed by atoms with E-state index in [4.69, 9.17) is 0 Å². The van der Waals surface area contributed by atoms with Gasteiger partial charge in [0.2, 0.25) is 0 Å². The molecule has 0 saturated heterocycles. The Morgan fingerprint density at radius 1 is 1.32 bits per heavy atom. The number of rotatable bonds is 9. The van der Waals surface area contributed by atoms with Crippen molar-refractivity contribution >= 4 is 11.8 Å². The average Bonchev–Trinajstić information content (AvgIpc) is 2.36. The Morgan fingerprint density at radius 3 is 2.74 bits per heavy atom. The molecule has 0 bridgehead atoms. The van der Waals surface area contributed by atoms with Crippen LogP contribution in [0.4, 0.5) is 4.39 Å². The van der Waals surface area contributed by atoms with Gasteiger partial charge in [-0.2, -0.15) is 11.8 Å². The summed E-state index contributed by atoms with van der Waals surface area (Å²) < 4.78 is 13.2. The molecule has 1 nitrogen and oxygen atoms in total. The highest BCUT2D eigenvalue weighted by Gasteiger charge is 2.11. The highest BCUT2D eigenvalue weighted by Crippen LogP contribution is 2.16. The molecule has 19 heavy (non-hydrogen) atoms. The summed E-state index contributed by atoms with van der Waals surface area (Å²) in [6, 6.07) is 7.51. The van der Waals surface area contributed by atoms with Gasteiger partial charge in [-0.1, -0.05) is 32.9 Å². The molecule has 0 aliphatic heterocycles. The molecule has 1 aromatic carbocycles. The van der Waals surface area contributed by atoms with Crippen LogP contribution in [0.1, 0.15) is 32.8 Å². The van der Waals surface area contributed by atoms with Crippen LogP contribution in [-0.2, 0) is 6.42 Å². The van der Waals surface area contributed by atoms with Gasteiger partial charge in [-0.3, -0.25) is 0 Å². The van der Waals surface area contributed by atoms with Crippen molar-refractivity contribution in [2.24, 2.45) is 5.92 Å². The lowest BCUT2D eigenvalue weighted by molar-refractivity contribution is 0.437. The van der Waals surface area contributed by atoms with Crippen LogP contribution in [0.5, 0.6) is 0 Å². The highest BCUT2D eigenvalue weighted by molar-refractivity contribution is 7.99. The molecule has 0 spiro atoms. The van der Waals surface area contributed by atoms with Crippen molar-refractivity contribution in [3.8, 4) is 0 Å². The van der Waals surface area contributed by atoms with Crippen molar-refractivity contribution in [2.75, 3.05) is 18.1 Å². The maximum absolute atomic E-state index is 13.2. The second-order valence-electron chi connectivity index (χ2n) is 5.25. The summed E-state index contributed by atoms with van der Waals surface area (Å²) >= 11 is 1.98. The molecule has 0 saturated carbocycles. The lowest BCUT2D eigenvalue weighted by Crippen LogP contribution is -2.30. The van der Waals surface area contributed by atoms with E-state index in [1.54, 1.807) is 12.1 Å². The van der Waals surface area contributed by atoms with Gasteiger partial charge in [-0.25, -0.2) is 4.39 Å². The molecule has 0 fully saturated rings. The first-order valence-corrected chi connectivity index (χ1v) is 8.32. The van der Waals surface area contributed by atoms with E-state index < -0.39 is 0 Å². The third-order valence-corrected chi connectivity index (χ3v) is 4.04. The zero-order valence-electron chi connectivity index (χ0n) is 12.3. The van der Waals surface area contributed by atoms with Gasteiger partial charge in [0.1, 0.15) is 5.82 Å². The molecule has 1 rings (SSSR count). The molecule has 1 unspecified atom stereocenters. The Bertz CT molecular complexity index is 354. The first-order chi connectivity index (χ1) is 9.11. The van der Waals surface area contributed by atoms with E-state index in [-0.39, 0.29) is 5.82 Å². The van der Waals surface area contributed by atoms with Crippen molar-refractivity contribution in [3.05, 3.63) is 35.6 Å². The van der Waals surface area contributed by atoms with Gasteiger partial charge in [-0.05, 0) is 54.5 Å². The van der Waals surface area contributed by atoms with E-state index in [0.717, 1.165) is 18.5 Å². The Hall–Kier alpha value is -0.540. The molecule has 0 aliphatic carbocycles. The van der Waals surface area contributed by atoms with Gasteiger partial charge in [-0.15, -0.1) is 0 Å². The number of benzene rings is 1. The third kappa shape index (κ3) is 7.58. The van der Waals surface area contributed by atoms with Crippen molar-refractivity contribution in [3.63, 3.8) is 0 Å². The molecule has 3 heteroatoms. The van der Waals surface area contributed by atoms with Crippen LogP contribution in [-0.4, -0.2) is 24.1 Å². The van der Waals surface area contributed by atoms with E-state index in [2.05, 4.69) is 26.1 Å². The third-order valence-electron chi connectivity index (χ3n) is 3.10. The SMILES string of the molecule is CCSCCC(CNC(C)C)Cc1cccc(F)c1. The first kappa shape index (κ1) is 16.5. The summed E-state index contributed by atoms with van der Waals surface area (Å²) in [6.45, 7) is 7.54. The summed E-state index contributed by atoms with van der Waals surface area (Å²) in [4.78, 5) is 0. The number of hydrogen-bond acceptors (Lipinski definition) is 2. The van der Waals surface area contributed by atoms with Gasteiger partial charge in [0.05, 0.1) is 0 Å². The summed E-state index contributed by atoms with van der Waals surface area (Å²) in [5.41, 5.74) is 1.11. The molecular weight excluding hydrogens is 257 g/mol. The molecule has 108 valence electrons. The van der Waals surface area contributed by atoms with Crippen LogP contribution in [0.25, 0.3) is 0 Å². The summed E-state index contributed by atoms with van der Waals surface area (Å²) in [5.74, 6) is 2.82. The van der Waals surface area contributed by atoms with Gasteiger partial charge in [0, 0.05) is 6.04 Å². The highest BCUT2D eigenvalue weighted by atomic mass is 32.2. The normalized spacial score (nSPS) is 12.9. The molecule has 0 aromatic heterocycles. The summed E-state index contributed by atoms with van der Waals surface area (Å²) in [6.07, 6.45) is 2.15. The number of thioether (sulfide) groups is 1. The molecule has 1 N–H and O–H groups in total. The number of nitrogens with one attached hydrogen (secondary N) is 1. The topological polar surface area (TPSA) is 12.0 Å². The van der Waals surface area contributed by atoms with Crippen molar-refractivity contribution in [2.45, 2.75) is 39.7 Å². The van der Waals surface area contributed by atoms with Crippen LogP contribution in [0.15, 0.2) is 24.3 Å². The number of halogens is 1. The standard InChI is InChI=1S/C16H26FNS/c1-4-19-9-8-15(12-18-13(2)3)10-14-6-5-7-16(17)11-14/h5-7,11,13,15,18H,4,8-10,12H2,1-3H3. The van der Waals surface area contributed by atoms with Crippen molar-refractivity contribution in [1.82, 2.24) is 5.32 Å². The Balaban J connectivity index is 2.51. The van der Waals surface area contributed by atoms with Crippen molar-refractivity contribution < 1.29 is 4.39 Å². The van der Waals surface area contributed by atoms with E-state index in [1.807, 2.05) is 17.8 Å². The summed E-state index contributed by atoms with van der Waals surface area (Å²) in [5, 5.41) is 3.50.